The van der Waals surface area contributed by atoms with Crippen LogP contribution in [0.2, 0.25) is 0 Å². The van der Waals surface area contributed by atoms with Gasteiger partial charge in [-0.2, -0.15) is 0 Å². The van der Waals surface area contributed by atoms with Gasteiger partial charge in [0.25, 0.3) is 0 Å². The van der Waals surface area contributed by atoms with Gasteiger partial charge in [-0.1, -0.05) is 0 Å². The van der Waals surface area contributed by atoms with Gasteiger partial charge in [-0.05, 0) is 6.92 Å². The Bertz CT molecular complexity index is 820. The van der Waals surface area contributed by atoms with Crippen molar-refractivity contribution in [3.05, 3.63) is 0 Å². The molecule has 0 bridgehead atoms. The number of carbonyl (C=O) groups is 3. The van der Waals surface area contributed by atoms with Crippen LogP contribution in [0.25, 0.3) is 0 Å². The van der Waals surface area contributed by atoms with Gasteiger partial charge in [-0.25, -0.2) is 0 Å². The maximum absolute atomic E-state index is 11.7. The third kappa shape index (κ3) is 8.32. The molecule has 17 nitrogen and oxygen atoms in total. The highest BCUT2D eigenvalue weighted by molar-refractivity contribution is 5.77. The molecule has 0 spiro atoms. The molecular weight excluding hydrogens is 532 g/mol. The highest BCUT2D eigenvalue weighted by Crippen LogP contribution is 2.26. The number of nitrogens with one attached hydrogen (secondary N) is 2. The van der Waals surface area contributed by atoms with Crippen LogP contribution in [-0.2, 0) is 33.3 Å². The first-order valence-electron chi connectivity index (χ1n) is 12.2. The molecule has 2 rings (SSSR count). The van der Waals surface area contributed by atoms with Gasteiger partial charge in [0.05, 0.1) is 19.3 Å². The normalized spacial score (nSPS) is 38.2. The smallest absolute Gasteiger partial charge is 0.217 e. The Morgan fingerprint density at radius 3 is 2.10 bits per heavy atom. The Morgan fingerprint density at radius 2 is 1.56 bits per heavy atom. The van der Waals surface area contributed by atoms with E-state index < -0.39 is 111 Å². The van der Waals surface area contributed by atoms with Crippen molar-refractivity contribution >= 4 is 18.1 Å². The van der Waals surface area contributed by atoms with Crippen molar-refractivity contribution < 1.29 is 74.2 Å². The van der Waals surface area contributed by atoms with Crippen LogP contribution >= 0.6 is 0 Å². The zero-order chi connectivity index (χ0) is 29.6. The highest BCUT2D eigenvalue weighted by atomic mass is 16.7. The van der Waals surface area contributed by atoms with E-state index in [0.29, 0.717) is 0 Å². The lowest BCUT2D eigenvalue weighted by Crippen LogP contribution is -2.66. The van der Waals surface area contributed by atoms with Gasteiger partial charge >= 0.3 is 0 Å². The van der Waals surface area contributed by atoms with Gasteiger partial charge in [0.15, 0.2) is 12.6 Å². The summed E-state index contributed by atoms with van der Waals surface area (Å²) in [5, 5.41) is 86.4. The molecule has 2 heterocycles. The quantitative estimate of drug-likeness (QED) is 0.0977. The van der Waals surface area contributed by atoms with E-state index >= 15 is 0 Å². The fraction of sp³-hybridized carbons (Fsp3) is 0.864. The van der Waals surface area contributed by atoms with E-state index in [1.54, 1.807) is 0 Å². The Hall–Kier alpha value is -1.87. The molecule has 14 unspecified atom stereocenters. The summed E-state index contributed by atoms with van der Waals surface area (Å²) < 4.78 is 21.7. The predicted octanol–water partition coefficient (Wildman–Crippen LogP) is -6.42. The minimum absolute atomic E-state index is 0.158. The summed E-state index contributed by atoms with van der Waals surface area (Å²) in [5.74, 6) is -1.41. The van der Waals surface area contributed by atoms with E-state index in [9.17, 15) is 55.2 Å². The van der Waals surface area contributed by atoms with E-state index in [4.69, 9.17) is 18.9 Å². The number of hydrogen-bond donors (Lipinski definition) is 10. The first-order valence-corrected chi connectivity index (χ1v) is 12.2. The van der Waals surface area contributed by atoms with Crippen LogP contribution in [0.3, 0.4) is 0 Å². The minimum Gasteiger partial charge on any atom is -0.394 e. The molecule has 39 heavy (non-hydrogen) atoms. The Labute approximate surface area is 223 Å². The topological polar surface area (TPSA) is 274 Å². The van der Waals surface area contributed by atoms with Crippen LogP contribution in [0.4, 0.5) is 0 Å². The van der Waals surface area contributed by atoms with Crippen molar-refractivity contribution in [2.45, 2.75) is 106 Å². The molecule has 226 valence electrons. The summed E-state index contributed by atoms with van der Waals surface area (Å²) in [5.41, 5.74) is 0. The van der Waals surface area contributed by atoms with Crippen LogP contribution in [-0.4, -0.2) is 158 Å². The lowest BCUT2D eigenvalue weighted by atomic mass is 9.96. The van der Waals surface area contributed by atoms with E-state index in [0.717, 1.165) is 13.8 Å². The molecule has 0 saturated carbocycles. The summed E-state index contributed by atoms with van der Waals surface area (Å²) in [6.07, 6.45) is -19.5. The molecule has 2 saturated heterocycles. The van der Waals surface area contributed by atoms with Crippen LogP contribution in [0, 0.1) is 0 Å². The molecule has 0 aromatic heterocycles. The van der Waals surface area contributed by atoms with E-state index in [1.807, 2.05) is 0 Å². The van der Waals surface area contributed by atoms with Gasteiger partial charge in [0, 0.05) is 13.8 Å². The number of aliphatic hydroxyl groups is 8. The predicted molar refractivity (Wildman–Crippen MR) is 124 cm³/mol. The first kappa shape index (κ1) is 33.3. The van der Waals surface area contributed by atoms with Crippen LogP contribution in [0.15, 0.2) is 0 Å². The second-order valence-corrected chi connectivity index (χ2v) is 9.47. The summed E-state index contributed by atoms with van der Waals surface area (Å²) >= 11 is 0. The molecule has 2 amide bonds. The summed E-state index contributed by atoms with van der Waals surface area (Å²) in [6.45, 7) is 1.96. The third-order valence-electron chi connectivity index (χ3n) is 6.38. The monoisotopic (exact) mass is 570 g/mol. The lowest BCUT2D eigenvalue weighted by molar-refractivity contribution is -0.313. The molecule has 0 aromatic rings. The summed E-state index contributed by atoms with van der Waals surface area (Å²) in [6, 6.07) is -3.12. The minimum atomic E-state index is -1.99. The van der Waals surface area contributed by atoms with Crippen molar-refractivity contribution in [1.29, 1.82) is 0 Å². The largest absolute Gasteiger partial charge is 0.394 e. The number of aliphatic hydroxyl groups excluding tert-OH is 8. The van der Waals surface area contributed by atoms with E-state index in [-0.39, 0.29) is 6.29 Å². The first-order chi connectivity index (χ1) is 18.2. The van der Waals surface area contributed by atoms with Gasteiger partial charge in [-0.3, -0.25) is 9.59 Å². The Kier molecular flexibility index (Phi) is 12.5. The van der Waals surface area contributed by atoms with Gasteiger partial charge < -0.3 is 75.2 Å². The average molecular weight is 571 g/mol. The number of ether oxygens (including phenoxy) is 4. The molecule has 2 aliphatic rings. The highest BCUT2D eigenvalue weighted by Gasteiger charge is 2.49. The Morgan fingerprint density at radius 1 is 0.923 bits per heavy atom. The van der Waals surface area contributed by atoms with Crippen molar-refractivity contribution in [2.24, 2.45) is 0 Å². The van der Waals surface area contributed by atoms with Crippen LogP contribution in [0.5, 0.6) is 0 Å². The second-order valence-electron chi connectivity index (χ2n) is 9.47. The fourth-order valence-corrected chi connectivity index (χ4v) is 4.22. The lowest BCUT2D eigenvalue weighted by Gasteiger charge is -2.44. The zero-order valence-electron chi connectivity index (χ0n) is 21.5. The SMILES string of the molecule is CC(=O)NC(C=O)C(O)C(OC1OC(CO)C(O)C(O)C1NC(C)=O)C(O)COC1OC(C)C(O)C(O)C1O. The van der Waals surface area contributed by atoms with E-state index in [2.05, 4.69) is 10.6 Å². The molecule has 0 aliphatic carbocycles. The summed E-state index contributed by atoms with van der Waals surface area (Å²) in [4.78, 5) is 34.9. The fourth-order valence-electron chi connectivity index (χ4n) is 4.22. The van der Waals surface area contributed by atoms with Gasteiger partial charge in [-0.15, -0.1) is 0 Å². The third-order valence-corrected chi connectivity index (χ3v) is 6.38. The summed E-state index contributed by atoms with van der Waals surface area (Å²) in [7, 11) is 0. The van der Waals surface area contributed by atoms with Crippen molar-refractivity contribution in [3.63, 3.8) is 0 Å². The van der Waals surface area contributed by atoms with Gasteiger partial charge in [0.1, 0.15) is 73.3 Å². The van der Waals surface area contributed by atoms with Crippen LogP contribution < -0.4 is 10.6 Å². The second kappa shape index (κ2) is 14.7. The van der Waals surface area contributed by atoms with Gasteiger partial charge in [0.2, 0.25) is 11.8 Å². The maximum atomic E-state index is 11.7. The molecule has 2 fully saturated rings. The molecule has 0 radical (unpaired) electrons. The molecular formula is C22H38N2O15. The average Bonchev–Trinajstić information content (AvgIpc) is 2.88. The number of aldehydes is 1. The molecule has 0 aromatic carbocycles. The number of carbonyl (C=O) groups excluding carboxylic acids is 3. The number of amides is 2. The molecule has 17 heteroatoms. The zero-order valence-corrected chi connectivity index (χ0v) is 21.5. The standard InChI is InChI=1S/C22H38N2O15/c1-7-14(30)18(34)19(35)22(37-7)36-6-11(29)20(15(31)10(4-25)23-8(2)27)39-21-13(24-9(3)28)17(33)16(32)12(5-26)38-21/h4,7,10-22,26,29-35H,5-6H2,1-3H3,(H,23,27)(H,24,28). The maximum Gasteiger partial charge on any atom is 0.217 e. The Balaban J connectivity index is 2.31. The van der Waals surface area contributed by atoms with Crippen molar-refractivity contribution in [3.8, 4) is 0 Å². The number of rotatable bonds is 12. The van der Waals surface area contributed by atoms with E-state index in [1.165, 1.54) is 6.92 Å². The van der Waals surface area contributed by atoms with Crippen molar-refractivity contribution in [2.75, 3.05) is 13.2 Å². The van der Waals surface area contributed by atoms with Crippen LogP contribution in [0.1, 0.15) is 20.8 Å². The van der Waals surface area contributed by atoms with Crippen molar-refractivity contribution in [1.82, 2.24) is 10.6 Å². The molecule has 14 atom stereocenters. The number of hydrogen-bond acceptors (Lipinski definition) is 15. The molecule has 10 N–H and O–H groups in total. The molecule has 2 aliphatic heterocycles.